The normalized spacial score (nSPS) is 12.8. The molecule has 0 fully saturated rings. The van der Waals surface area contributed by atoms with E-state index < -0.39 is 23.6 Å². The van der Waals surface area contributed by atoms with Crippen molar-refractivity contribution in [1.82, 2.24) is 0 Å². The van der Waals surface area contributed by atoms with Crippen LogP contribution in [-0.2, 0) is 4.74 Å². The number of rotatable bonds is 2. The van der Waals surface area contributed by atoms with E-state index in [-0.39, 0.29) is 0 Å². The van der Waals surface area contributed by atoms with Gasteiger partial charge in [0, 0.05) is 11.6 Å². The Morgan fingerprint density at radius 3 is 2.08 bits per heavy atom. The lowest BCUT2D eigenvalue weighted by Crippen LogP contribution is -2.36. The standard InChI is InChI=1S/C6H8ClF3O2/c1-5(2,6(8,9)10)3-12-4(7)11/h3H2,1-2H3. The largest absolute Gasteiger partial charge is 0.453 e. The van der Waals surface area contributed by atoms with Crippen molar-refractivity contribution in [2.75, 3.05) is 6.61 Å². The zero-order valence-electron chi connectivity index (χ0n) is 6.54. The molecule has 0 saturated carbocycles. The van der Waals surface area contributed by atoms with Crippen LogP contribution in [-0.4, -0.2) is 18.2 Å². The number of hydrogen-bond acceptors (Lipinski definition) is 2. The van der Waals surface area contributed by atoms with Crippen LogP contribution in [0.2, 0.25) is 0 Å². The molecule has 12 heavy (non-hydrogen) atoms. The number of carbonyl (C=O) groups is 1. The quantitative estimate of drug-likeness (QED) is 0.647. The average molecular weight is 205 g/mol. The van der Waals surface area contributed by atoms with Gasteiger partial charge in [0.15, 0.2) is 0 Å². The van der Waals surface area contributed by atoms with Crippen molar-refractivity contribution in [2.24, 2.45) is 5.41 Å². The van der Waals surface area contributed by atoms with Crippen LogP contribution in [0.3, 0.4) is 0 Å². The maximum Gasteiger partial charge on any atom is 0.403 e. The smallest absolute Gasteiger partial charge is 0.403 e. The number of halogens is 4. The molecule has 0 aromatic carbocycles. The summed E-state index contributed by atoms with van der Waals surface area (Å²) in [4.78, 5) is 9.99. The Morgan fingerprint density at radius 1 is 1.42 bits per heavy atom. The molecule has 0 amide bonds. The zero-order valence-corrected chi connectivity index (χ0v) is 7.29. The lowest BCUT2D eigenvalue weighted by molar-refractivity contribution is -0.221. The van der Waals surface area contributed by atoms with Crippen molar-refractivity contribution >= 4 is 17.0 Å². The Bertz CT molecular complexity index is 176. The molecule has 0 spiro atoms. The highest BCUT2D eigenvalue weighted by atomic mass is 35.5. The molecule has 0 aliphatic carbocycles. The molecular formula is C6H8ClF3O2. The summed E-state index contributed by atoms with van der Waals surface area (Å²) in [5.41, 5.74) is -3.29. The summed E-state index contributed by atoms with van der Waals surface area (Å²) < 4.78 is 40.2. The third-order valence-electron chi connectivity index (χ3n) is 1.31. The number of carbonyl (C=O) groups excluding carboxylic acids is 1. The van der Waals surface area contributed by atoms with E-state index in [1.165, 1.54) is 0 Å². The second-order valence-electron chi connectivity index (χ2n) is 2.91. The topological polar surface area (TPSA) is 26.3 Å². The van der Waals surface area contributed by atoms with Crippen LogP contribution < -0.4 is 0 Å². The lowest BCUT2D eigenvalue weighted by atomic mass is 9.94. The van der Waals surface area contributed by atoms with E-state index in [1.807, 2.05) is 0 Å². The Morgan fingerprint density at radius 2 is 1.83 bits per heavy atom. The molecule has 0 N–H and O–H groups in total. The lowest BCUT2D eigenvalue weighted by Gasteiger charge is -2.26. The molecule has 2 nitrogen and oxygen atoms in total. The minimum absolute atomic E-state index is 0.765. The van der Waals surface area contributed by atoms with Gasteiger partial charge in [-0.15, -0.1) is 0 Å². The van der Waals surface area contributed by atoms with Gasteiger partial charge in [-0.2, -0.15) is 13.2 Å². The summed E-state index contributed by atoms with van der Waals surface area (Å²) in [5.74, 6) is 0. The van der Waals surface area contributed by atoms with Crippen molar-refractivity contribution in [3.8, 4) is 0 Å². The summed E-state index contributed by atoms with van der Waals surface area (Å²) in [5, 5.41) is 0. The first-order valence-electron chi connectivity index (χ1n) is 3.06. The van der Waals surface area contributed by atoms with Gasteiger partial charge in [-0.1, -0.05) is 0 Å². The van der Waals surface area contributed by atoms with E-state index in [2.05, 4.69) is 4.74 Å². The van der Waals surface area contributed by atoms with E-state index in [9.17, 15) is 18.0 Å². The number of ether oxygens (including phenoxy) is 1. The van der Waals surface area contributed by atoms with Gasteiger partial charge in [0.05, 0.1) is 5.41 Å². The third kappa shape index (κ3) is 3.30. The van der Waals surface area contributed by atoms with Gasteiger partial charge in [-0.25, -0.2) is 4.79 Å². The minimum Gasteiger partial charge on any atom is -0.453 e. The Kier molecular flexibility index (Phi) is 3.38. The van der Waals surface area contributed by atoms with Gasteiger partial charge < -0.3 is 4.74 Å². The SMILES string of the molecule is CC(C)(COC(=O)Cl)C(F)(F)F. The first kappa shape index (κ1) is 11.6. The molecule has 0 saturated heterocycles. The molecule has 0 atom stereocenters. The highest BCUT2D eigenvalue weighted by Gasteiger charge is 2.48. The van der Waals surface area contributed by atoms with Crippen LogP contribution in [0.4, 0.5) is 18.0 Å². The summed E-state index contributed by atoms with van der Waals surface area (Å²) in [6, 6.07) is 0. The molecular weight excluding hydrogens is 197 g/mol. The highest BCUT2D eigenvalue weighted by molar-refractivity contribution is 6.61. The zero-order chi connectivity index (χ0) is 9.99. The van der Waals surface area contributed by atoms with Crippen molar-refractivity contribution in [1.29, 1.82) is 0 Å². The minimum atomic E-state index is -4.40. The van der Waals surface area contributed by atoms with Crippen molar-refractivity contribution in [2.45, 2.75) is 20.0 Å². The van der Waals surface area contributed by atoms with Crippen molar-refractivity contribution in [3.05, 3.63) is 0 Å². The molecule has 0 aliphatic heterocycles. The maximum absolute atomic E-state index is 12.0. The molecule has 0 radical (unpaired) electrons. The van der Waals surface area contributed by atoms with Crippen molar-refractivity contribution in [3.63, 3.8) is 0 Å². The van der Waals surface area contributed by atoms with Gasteiger partial charge in [-0.05, 0) is 13.8 Å². The van der Waals surface area contributed by atoms with Crippen LogP contribution >= 0.6 is 11.6 Å². The summed E-state index contributed by atoms with van der Waals surface area (Å²) >= 11 is 4.71. The van der Waals surface area contributed by atoms with Gasteiger partial charge in [0.25, 0.3) is 0 Å². The summed E-state index contributed by atoms with van der Waals surface area (Å²) in [6.07, 6.45) is -4.40. The Labute approximate surface area is 72.6 Å². The summed E-state index contributed by atoms with van der Waals surface area (Å²) in [7, 11) is 0. The van der Waals surface area contributed by atoms with E-state index in [4.69, 9.17) is 11.6 Å². The molecule has 72 valence electrons. The van der Waals surface area contributed by atoms with E-state index in [1.54, 1.807) is 0 Å². The maximum atomic E-state index is 12.0. The van der Waals surface area contributed by atoms with Crippen LogP contribution in [0.1, 0.15) is 13.8 Å². The molecule has 0 rings (SSSR count). The van der Waals surface area contributed by atoms with Gasteiger partial charge in [-0.3, -0.25) is 0 Å². The fourth-order valence-electron chi connectivity index (χ4n) is 0.319. The first-order valence-corrected chi connectivity index (χ1v) is 3.43. The van der Waals surface area contributed by atoms with Crippen LogP contribution in [0.15, 0.2) is 0 Å². The monoisotopic (exact) mass is 204 g/mol. The second-order valence-corrected chi connectivity index (χ2v) is 3.22. The predicted octanol–water partition coefficient (Wildman–Crippen LogP) is 2.95. The van der Waals surface area contributed by atoms with Crippen molar-refractivity contribution < 1.29 is 22.7 Å². The molecule has 0 aromatic heterocycles. The fourth-order valence-corrected chi connectivity index (χ4v) is 0.374. The molecule has 0 aliphatic rings. The third-order valence-corrected chi connectivity index (χ3v) is 1.42. The second kappa shape index (κ2) is 3.51. The number of hydrogen-bond donors (Lipinski definition) is 0. The molecule has 0 aromatic rings. The molecule has 0 unspecified atom stereocenters. The van der Waals surface area contributed by atoms with Crippen LogP contribution in [0.25, 0.3) is 0 Å². The summed E-state index contributed by atoms with van der Waals surface area (Å²) in [6.45, 7) is 1.08. The van der Waals surface area contributed by atoms with Gasteiger partial charge in [0.2, 0.25) is 0 Å². The number of alkyl halides is 3. The first-order chi connectivity index (χ1) is 5.17. The molecule has 6 heteroatoms. The predicted molar refractivity (Wildman–Crippen MR) is 37.0 cm³/mol. The fraction of sp³-hybridized carbons (Fsp3) is 0.833. The van der Waals surface area contributed by atoms with E-state index in [0.29, 0.717) is 0 Å². The average Bonchev–Trinajstić information content (AvgIpc) is 1.81. The molecule has 0 bridgehead atoms. The molecule has 0 heterocycles. The Hall–Kier alpha value is -0.450. The van der Waals surface area contributed by atoms with Gasteiger partial charge >= 0.3 is 11.6 Å². The van der Waals surface area contributed by atoms with Crippen LogP contribution in [0.5, 0.6) is 0 Å². The Balaban J connectivity index is 4.14. The van der Waals surface area contributed by atoms with Crippen LogP contribution in [0, 0.1) is 5.41 Å². The van der Waals surface area contributed by atoms with E-state index in [0.717, 1.165) is 13.8 Å². The van der Waals surface area contributed by atoms with Gasteiger partial charge in [0.1, 0.15) is 6.61 Å². The highest BCUT2D eigenvalue weighted by Crippen LogP contribution is 2.37. The van der Waals surface area contributed by atoms with E-state index >= 15 is 0 Å².